The molecule has 0 aromatic carbocycles. The van der Waals surface area contributed by atoms with E-state index in [1.54, 1.807) is 19.3 Å². The van der Waals surface area contributed by atoms with Crippen LogP contribution < -0.4 is 0 Å². The van der Waals surface area contributed by atoms with Crippen LogP contribution >= 0.6 is 45.2 Å². The van der Waals surface area contributed by atoms with Crippen LogP contribution in [0.5, 0.6) is 0 Å². The van der Waals surface area contributed by atoms with Gasteiger partial charge in [-0.3, -0.25) is 0 Å². The minimum Gasteiger partial charge on any atom is -0.0857 e. The summed E-state index contributed by atoms with van der Waals surface area (Å²) in [6.45, 7) is 0. The van der Waals surface area contributed by atoms with Crippen LogP contribution in [0.3, 0.4) is 0 Å². The average Bonchev–Trinajstić information content (AvgIpc) is 3.11. The lowest BCUT2D eigenvalue weighted by Crippen LogP contribution is -2.21. The molecule has 0 N–H and O–H groups in total. The molecule has 9 aliphatic carbocycles. The first-order valence-corrected chi connectivity index (χ1v) is 10.6. The maximum Gasteiger partial charge on any atom is 0.0321 e. The van der Waals surface area contributed by atoms with Gasteiger partial charge in [-0.05, 0) is 81.8 Å². The molecular formula is C16H14I2. The molecule has 2 heteroatoms. The molecule has 9 rings (SSSR count). The first-order chi connectivity index (χ1) is 8.73. The van der Waals surface area contributed by atoms with Crippen LogP contribution in [0.1, 0.15) is 19.3 Å². The molecule has 0 bridgehead atoms. The van der Waals surface area contributed by atoms with Gasteiger partial charge in [-0.2, -0.15) is 0 Å². The first-order valence-electron chi connectivity index (χ1n) is 7.98. The third-order valence-corrected chi connectivity index (χ3v) is 14.3. The van der Waals surface area contributed by atoms with Crippen LogP contribution in [0.2, 0.25) is 0 Å². The minimum atomic E-state index is 0.870. The molecule has 92 valence electrons. The monoisotopic (exact) mass is 460 g/mol. The molecule has 9 saturated carbocycles. The summed E-state index contributed by atoms with van der Waals surface area (Å²) in [4.78, 5) is 0. The molecule has 9 fully saturated rings. The molecule has 4 spiro atoms. The van der Waals surface area contributed by atoms with Crippen LogP contribution in [0.15, 0.2) is 0 Å². The summed E-state index contributed by atoms with van der Waals surface area (Å²) >= 11 is 5.62. The highest BCUT2D eigenvalue weighted by molar-refractivity contribution is 14.1. The van der Waals surface area contributed by atoms with Gasteiger partial charge in [-0.1, -0.05) is 45.2 Å². The Bertz CT molecular complexity index is 665. The predicted octanol–water partition coefficient (Wildman–Crippen LogP) is 3.52. The van der Waals surface area contributed by atoms with Gasteiger partial charge >= 0.3 is 0 Å². The molecule has 9 aliphatic rings. The molecule has 0 amide bonds. The van der Waals surface area contributed by atoms with E-state index >= 15 is 0 Å². The van der Waals surface area contributed by atoms with Crippen molar-refractivity contribution in [2.45, 2.75) is 22.7 Å². The summed E-state index contributed by atoms with van der Waals surface area (Å²) < 4.78 is 2.41. The molecular weight excluding hydrogens is 446 g/mol. The predicted molar refractivity (Wildman–Crippen MR) is 82.6 cm³/mol. The van der Waals surface area contributed by atoms with E-state index in [0.717, 1.165) is 30.5 Å². The molecule has 0 nitrogen and oxygen atoms in total. The highest BCUT2D eigenvalue weighted by Crippen LogP contribution is 3.44. The third-order valence-electron chi connectivity index (χ3n) is 10.9. The summed E-state index contributed by atoms with van der Waals surface area (Å²) in [5.41, 5.74) is 5.19. The van der Waals surface area contributed by atoms with Crippen molar-refractivity contribution in [1.82, 2.24) is 0 Å². The molecule has 0 saturated heterocycles. The highest BCUT2D eigenvalue weighted by atomic mass is 127. The lowest BCUT2D eigenvalue weighted by molar-refractivity contribution is 0.271. The van der Waals surface area contributed by atoms with Gasteiger partial charge in [0.2, 0.25) is 0 Å². The fraction of sp³-hybridized carbons (Fsp3) is 1.00. The average molecular weight is 460 g/mol. The Morgan fingerprint density at radius 3 is 2.33 bits per heavy atom. The summed E-state index contributed by atoms with van der Waals surface area (Å²) in [6.07, 6.45) is 4.88. The van der Waals surface area contributed by atoms with E-state index in [9.17, 15) is 0 Å². The smallest absolute Gasteiger partial charge is 0.0321 e. The molecule has 0 radical (unpaired) electrons. The normalized spacial score (nSPS) is 105. The van der Waals surface area contributed by atoms with Gasteiger partial charge in [0.25, 0.3) is 0 Å². The zero-order valence-electron chi connectivity index (χ0n) is 10.0. The van der Waals surface area contributed by atoms with Crippen molar-refractivity contribution in [3.05, 3.63) is 0 Å². The maximum atomic E-state index is 2.87. The Morgan fingerprint density at radius 1 is 1.11 bits per heavy atom. The Morgan fingerprint density at radius 2 is 1.89 bits per heavy atom. The van der Waals surface area contributed by atoms with Crippen molar-refractivity contribution in [2.75, 3.05) is 4.43 Å². The maximum absolute atomic E-state index is 2.87. The minimum absolute atomic E-state index is 0.870. The van der Waals surface area contributed by atoms with Gasteiger partial charge in [0.1, 0.15) is 0 Å². The van der Waals surface area contributed by atoms with Gasteiger partial charge in [0, 0.05) is 7.85 Å². The zero-order chi connectivity index (χ0) is 11.3. The Labute approximate surface area is 134 Å². The van der Waals surface area contributed by atoms with E-state index in [4.69, 9.17) is 0 Å². The van der Waals surface area contributed by atoms with Gasteiger partial charge in [-0.25, -0.2) is 0 Å². The van der Waals surface area contributed by atoms with Crippen LogP contribution in [-0.4, -0.2) is 7.85 Å². The fourth-order valence-corrected chi connectivity index (χ4v) is 14.5. The molecule has 0 heterocycles. The lowest BCUT2D eigenvalue weighted by atomic mass is 9.84. The van der Waals surface area contributed by atoms with E-state index in [1.807, 2.05) is 0 Å². The number of hydrogen-bond acceptors (Lipinski definition) is 0. The standard InChI is InChI=1S/C16H14I2/c17-4-12-10(16(12)11-3-6(11)15(11,12)16)7-8-9(7)14(8)5-1-2-13(5,14)18/h5-10H,1-4H2/t5?,6?,7?,8?,9?,10?,11-,12+,13?,14?,15?,16-/m1/s1. The second-order valence-corrected chi connectivity index (χ2v) is 12.1. The van der Waals surface area contributed by atoms with Gasteiger partial charge < -0.3 is 0 Å². The van der Waals surface area contributed by atoms with Crippen molar-refractivity contribution >= 4 is 45.2 Å². The van der Waals surface area contributed by atoms with Crippen LogP contribution in [0, 0.1) is 62.6 Å². The van der Waals surface area contributed by atoms with Crippen LogP contribution in [0.25, 0.3) is 0 Å². The Balaban J connectivity index is 1.12. The van der Waals surface area contributed by atoms with E-state index in [2.05, 4.69) is 45.2 Å². The second kappa shape index (κ2) is 1.59. The molecule has 10 atom stereocenters. The molecule has 7 unspecified atom stereocenters. The SMILES string of the molecule is IC[C@@]12C(C3C4C3C43C4CCC43I)[C@]13C21C2C[C@@]213. The number of fused-ring (bicyclic) bond motifs is 6. The van der Waals surface area contributed by atoms with Gasteiger partial charge in [0.15, 0.2) is 0 Å². The number of rotatable bonds is 2. The van der Waals surface area contributed by atoms with E-state index < -0.39 is 0 Å². The highest BCUT2D eigenvalue weighted by Gasteiger charge is 3.42. The summed E-state index contributed by atoms with van der Waals surface area (Å²) in [6, 6.07) is 0. The Kier molecular flexibility index (Phi) is 0.778. The number of hydrogen-bond donors (Lipinski definition) is 0. The lowest BCUT2D eigenvalue weighted by Gasteiger charge is -2.22. The first kappa shape index (κ1) is 8.79. The Hall–Kier alpha value is 1.46. The third kappa shape index (κ3) is 0.343. The second-order valence-electron chi connectivity index (χ2n) is 9.44. The van der Waals surface area contributed by atoms with E-state index in [0.29, 0.717) is 0 Å². The summed E-state index contributed by atoms with van der Waals surface area (Å²) in [7, 11) is 0. The van der Waals surface area contributed by atoms with Gasteiger partial charge in [0.05, 0.1) is 0 Å². The summed E-state index contributed by atoms with van der Waals surface area (Å²) in [5, 5.41) is 0. The van der Waals surface area contributed by atoms with Crippen LogP contribution in [0.4, 0.5) is 0 Å². The fourth-order valence-electron chi connectivity index (χ4n) is 10.7. The van der Waals surface area contributed by atoms with E-state index in [1.165, 1.54) is 39.9 Å². The quantitative estimate of drug-likeness (QED) is 0.438. The van der Waals surface area contributed by atoms with Crippen molar-refractivity contribution in [3.63, 3.8) is 0 Å². The van der Waals surface area contributed by atoms with E-state index in [-0.39, 0.29) is 0 Å². The topological polar surface area (TPSA) is 0 Å². The molecule has 0 aromatic rings. The molecule has 0 aliphatic heterocycles. The largest absolute Gasteiger partial charge is 0.0857 e. The van der Waals surface area contributed by atoms with Crippen molar-refractivity contribution in [2.24, 2.45) is 62.6 Å². The van der Waals surface area contributed by atoms with Gasteiger partial charge in [-0.15, -0.1) is 0 Å². The number of halogens is 2. The van der Waals surface area contributed by atoms with Crippen molar-refractivity contribution < 1.29 is 0 Å². The van der Waals surface area contributed by atoms with Crippen molar-refractivity contribution in [1.29, 1.82) is 0 Å². The zero-order valence-corrected chi connectivity index (χ0v) is 14.4. The molecule has 0 aromatic heterocycles. The van der Waals surface area contributed by atoms with Crippen LogP contribution in [-0.2, 0) is 0 Å². The molecule has 18 heavy (non-hydrogen) atoms. The van der Waals surface area contributed by atoms with Crippen molar-refractivity contribution in [3.8, 4) is 0 Å². The summed E-state index contributed by atoms with van der Waals surface area (Å²) in [5.74, 6) is 7.65. The number of alkyl halides is 2.